The highest BCUT2D eigenvalue weighted by Crippen LogP contribution is 2.45. The Bertz CT molecular complexity index is 722. The van der Waals surface area contributed by atoms with E-state index in [1.807, 2.05) is 18.2 Å². The zero-order valence-electron chi connectivity index (χ0n) is 11.9. The topological polar surface area (TPSA) is 65.6 Å². The standard InChI is InChI=1S/C16H18N2O3/c1-21-10-4-5-12-11(7-10)13-9-3-2-6-18(8-9)15(16(19)20)14(13)17-12/h4-5,7,9,15,17H,2-3,6,8H2,1H3,(H,19,20)/t9-,15+/m0/s1. The predicted molar refractivity (Wildman–Crippen MR) is 78.8 cm³/mol. The zero-order valence-corrected chi connectivity index (χ0v) is 11.9. The number of benzene rings is 1. The number of aromatic amines is 1. The van der Waals surface area contributed by atoms with Crippen LogP contribution in [-0.2, 0) is 4.79 Å². The number of H-pyrrole nitrogens is 1. The van der Waals surface area contributed by atoms with Crippen LogP contribution in [0.4, 0.5) is 0 Å². The summed E-state index contributed by atoms with van der Waals surface area (Å²) in [6.45, 7) is 1.71. The summed E-state index contributed by atoms with van der Waals surface area (Å²) in [6, 6.07) is 5.36. The van der Waals surface area contributed by atoms with E-state index in [2.05, 4.69) is 9.88 Å². The summed E-state index contributed by atoms with van der Waals surface area (Å²) in [7, 11) is 1.66. The number of hydrogen-bond donors (Lipinski definition) is 2. The van der Waals surface area contributed by atoms with E-state index in [1.54, 1.807) is 7.11 Å². The highest BCUT2D eigenvalue weighted by molar-refractivity contribution is 5.90. The maximum absolute atomic E-state index is 11.7. The van der Waals surface area contributed by atoms with Gasteiger partial charge in [0.1, 0.15) is 11.8 Å². The van der Waals surface area contributed by atoms with E-state index < -0.39 is 12.0 Å². The van der Waals surface area contributed by atoms with Crippen molar-refractivity contribution in [2.24, 2.45) is 0 Å². The Morgan fingerprint density at radius 1 is 1.48 bits per heavy atom. The Morgan fingerprint density at radius 2 is 2.33 bits per heavy atom. The molecule has 1 aromatic carbocycles. The molecule has 1 aromatic heterocycles. The van der Waals surface area contributed by atoms with Crippen molar-refractivity contribution in [1.82, 2.24) is 9.88 Å². The van der Waals surface area contributed by atoms with Gasteiger partial charge in [-0.1, -0.05) is 0 Å². The number of aliphatic carboxylic acids is 1. The summed E-state index contributed by atoms with van der Waals surface area (Å²) in [5.74, 6) is 0.467. The zero-order chi connectivity index (χ0) is 14.6. The van der Waals surface area contributed by atoms with Crippen LogP contribution in [0, 0.1) is 0 Å². The monoisotopic (exact) mass is 286 g/mol. The average Bonchev–Trinajstić information content (AvgIpc) is 2.85. The van der Waals surface area contributed by atoms with E-state index in [0.717, 1.165) is 48.3 Å². The third-order valence-electron chi connectivity index (χ3n) is 4.81. The van der Waals surface area contributed by atoms with Crippen LogP contribution in [0.5, 0.6) is 5.75 Å². The Labute approximate surface area is 122 Å². The first-order chi connectivity index (χ1) is 10.2. The third kappa shape index (κ3) is 1.77. The molecule has 0 amide bonds. The van der Waals surface area contributed by atoms with Crippen molar-refractivity contribution < 1.29 is 14.6 Å². The first-order valence-electron chi connectivity index (χ1n) is 7.35. The third-order valence-corrected chi connectivity index (χ3v) is 4.81. The normalized spacial score (nSPS) is 27.4. The Kier molecular flexibility index (Phi) is 2.72. The second-order valence-electron chi connectivity index (χ2n) is 5.94. The average molecular weight is 286 g/mol. The molecule has 3 atom stereocenters. The van der Waals surface area contributed by atoms with Crippen molar-refractivity contribution in [2.75, 3.05) is 20.2 Å². The van der Waals surface area contributed by atoms with E-state index in [-0.39, 0.29) is 0 Å². The predicted octanol–water partition coefficient (Wildman–Crippen LogP) is 2.50. The van der Waals surface area contributed by atoms with Gasteiger partial charge in [-0.2, -0.15) is 0 Å². The molecule has 0 saturated carbocycles. The van der Waals surface area contributed by atoms with Gasteiger partial charge in [-0.15, -0.1) is 0 Å². The van der Waals surface area contributed by atoms with Gasteiger partial charge >= 0.3 is 5.97 Å². The lowest BCUT2D eigenvalue weighted by molar-refractivity contribution is -0.144. The molecule has 4 rings (SSSR count). The molecule has 5 nitrogen and oxygen atoms in total. The number of carbonyl (C=O) groups is 1. The quantitative estimate of drug-likeness (QED) is 0.890. The van der Waals surface area contributed by atoms with Crippen molar-refractivity contribution in [3.63, 3.8) is 0 Å². The minimum atomic E-state index is -0.768. The van der Waals surface area contributed by atoms with E-state index in [9.17, 15) is 9.90 Å². The summed E-state index contributed by atoms with van der Waals surface area (Å²) in [4.78, 5) is 17.2. The van der Waals surface area contributed by atoms with E-state index in [4.69, 9.17) is 4.74 Å². The molecular weight excluding hydrogens is 268 g/mol. The summed E-state index contributed by atoms with van der Waals surface area (Å²) >= 11 is 0. The van der Waals surface area contributed by atoms with Crippen LogP contribution in [0.3, 0.4) is 0 Å². The van der Waals surface area contributed by atoms with Gasteiger partial charge in [-0.05, 0) is 49.1 Å². The number of carboxylic acids is 1. The molecule has 2 N–H and O–H groups in total. The molecular formula is C16H18N2O3. The number of aromatic nitrogens is 1. The fourth-order valence-electron chi connectivity index (χ4n) is 3.93. The molecule has 1 fully saturated rings. The summed E-state index contributed by atoms with van der Waals surface area (Å²) in [5, 5.41) is 10.7. The highest BCUT2D eigenvalue weighted by atomic mass is 16.5. The fraction of sp³-hybridized carbons (Fsp3) is 0.438. The highest BCUT2D eigenvalue weighted by Gasteiger charge is 2.41. The van der Waals surface area contributed by atoms with Crippen molar-refractivity contribution in [3.8, 4) is 5.75 Å². The Balaban J connectivity index is 1.97. The van der Waals surface area contributed by atoms with Gasteiger partial charge in [0.05, 0.1) is 7.11 Å². The number of piperidine rings is 1. The van der Waals surface area contributed by atoms with Crippen LogP contribution in [0.25, 0.3) is 10.9 Å². The van der Waals surface area contributed by atoms with E-state index >= 15 is 0 Å². The number of hydrogen-bond acceptors (Lipinski definition) is 3. The lowest BCUT2D eigenvalue weighted by Crippen LogP contribution is -2.44. The van der Waals surface area contributed by atoms with Crippen molar-refractivity contribution in [1.29, 1.82) is 0 Å². The molecule has 2 aliphatic rings. The molecule has 5 heteroatoms. The van der Waals surface area contributed by atoms with Gasteiger partial charge in [-0.25, -0.2) is 0 Å². The van der Waals surface area contributed by atoms with Crippen LogP contribution in [0.15, 0.2) is 18.2 Å². The minimum Gasteiger partial charge on any atom is -0.497 e. The number of ether oxygens (including phenoxy) is 1. The molecule has 0 radical (unpaired) electrons. The van der Waals surface area contributed by atoms with Crippen LogP contribution < -0.4 is 4.74 Å². The molecule has 1 unspecified atom stereocenters. The van der Waals surface area contributed by atoms with Crippen molar-refractivity contribution in [3.05, 3.63) is 29.5 Å². The summed E-state index contributed by atoms with van der Waals surface area (Å²) in [6.07, 6.45) is 2.19. The summed E-state index contributed by atoms with van der Waals surface area (Å²) < 4.78 is 5.32. The number of methoxy groups -OCH3 is 1. The van der Waals surface area contributed by atoms with Gasteiger partial charge < -0.3 is 14.8 Å². The molecule has 2 aromatic rings. The van der Waals surface area contributed by atoms with Crippen LogP contribution in [-0.4, -0.2) is 41.2 Å². The number of nitrogens with one attached hydrogen (secondary N) is 1. The van der Waals surface area contributed by atoms with Gasteiger partial charge in [0, 0.05) is 23.1 Å². The van der Waals surface area contributed by atoms with Crippen molar-refractivity contribution >= 4 is 16.9 Å². The van der Waals surface area contributed by atoms with Gasteiger partial charge in [0.2, 0.25) is 0 Å². The molecule has 2 aliphatic heterocycles. The number of nitrogens with zero attached hydrogens (tertiary/aromatic N) is 1. The van der Waals surface area contributed by atoms with Crippen LogP contribution >= 0.6 is 0 Å². The fourth-order valence-corrected chi connectivity index (χ4v) is 3.93. The second-order valence-corrected chi connectivity index (χ2v) is 5.94. The smallest absolute Gasteiger partial charge is 0.327 e. The molecule has 0 aliphatic carbocycles. The molecule has 0 spiro atoms. The van der Waals surface area contributed by atoms with Gasteiger partial charge in [0.25, 0.3) is 0 Å². The van der Waals surface area contributed by atoms with E-state index in [0.29, 0.717) is 5.92 Å². The lowest BCUT2D eigenvalue weighted by Gasteiger charge is -2.41. The largest absolute Gasteiger partial charge is 0.497 e. The molecule has 21 heavy (non-hydrogen) atoms. The lowest BCUT2D eigenvalue weighted by atomic mass is 9.82. The number of fused-ring (bicyclic) bond motifs is 6. The Morgan fingerprint density at radius 3 is 3.10 bits per heavy atom. The first-order valence-corrected chi connectivity index (χ1v) is 7.35. The number of rotatable bonds is 2. The minimum absolute atomic E-state index is 0.421. The van der Waals surface area contributed by atoms with Crippen LogP contribution in [0.1, 0.15) is 36.1 Å². The molecule has 110 valence electrons. The molecule has 2 bridgehead atoms. The maximum atomic E-state index is 11.7. The SMILES string of the molecule is COc1ccc2[nH]c3c(c2c1)[C@H]1CCCN(C1)[C@H]3C(=O)O. The second kappa shape index (κ2) is 4.49. The summed E-state index contributed by atoms with van der Waals surface area (Å²) in [5.41, 5.74) is 3.05. The van der Waals surface area contributed by atoms with Gasteiger partial charge in [0.15, 0.2) is 0 Å². The maximum Gasteiger partial charge on any atom is 0.327 e. The number of carboxylic acid groups (broad SMARTS) is 1. The first kappa shape index (κ1) is 12.7. The molecule has 1 saturated heterocycles. The van der Waals surface area contributed by atoms with E-state index in [1.165, 1.54) is 5.56 Å². The van der Waals surface area contributed by atoms with Gasteiger partial charge in [-0.3, -0.25) is 9.69 Å². The Hall–Kier alpha value is -2.01. The molecule has 3 heterocycles. The van der Waals surface area contributed by atoms with Crippen LogP contribution in [0.2, 0.25) is 0 Å². The van der Waals surface area contributed by atoms with Crippen molar-refractivity contribution in [2.45, 2.75) is 24.8 Å².